The summed E-state index contributed by atoms with van der Waals surface area (Å²) in [6, 6.07) is 0. The Morgan fingerprint density at radius 2 is 0.806 bits per heavy atom. The Morgan fingerprint density at radius 1 is 0.484 bits per heavy atom. The predicted octanol–water partition coefficient (Wildman–Crippen LogP) is 7.92. The molecule has 0 bridgehead atoms. The molecule has 174 valence electrons. The standard InChI is InChI=1S/C12F10.C7H16FP/c13-3-1(4(14)8(18)11(21)7(3)17)2-5(15)9(19)12(22)10(20)6(2)16;1-2-3-4-5-6-9-7-8/h;9H,2-7H2,1H3. The summed E-state index contributed by atoms with van der Waals surface area (Å²) in [7, 11) is 0.559. The molecule has 12 heteroatoms. The molecule has 2 aromatic rings. The zero-order valence-electron chi connectivity index (χ0n) is 15.9. The predicted molar refractivity (Wildman–Crippen MR) is 94.8 cm³/mol. The van der Waals surface area contributed by atoms with Gasteiger partial charge in [-0.1, -0.05) is 34.8 Å². The van der Waals surface area contributed by atoms with Crippen molar-refractivity contribution in [3.05, 3.63) is 58.2 Å². The molecular formula is C19H16F11P. The highest BCUT2D eigenvalue weighted by molar-refractivity contribution is 7.37. The van der Waals surface area contributed by atoms with E-state index in [0.29, 0.717) is 8.58 Å². The van der Waals surface area contributed by atoms with Gasteiger partial charge in [-0.3, -0.25) is 0 Å². The van der Waals surface area contributed by atoms with Crippen molar-refractivity contribution in [2.75, 3.05) is 12.6 Å². The Hall–Kier alpha value is -1.90. The second-order valence-corrected chi connectivity index (χ2v) is 7.35. The average Bonchev–Trinajstić information content (AvgIpc) is 2.76. The van der Waals surface area contributed by atoms with Crippen LogP contribution in [0, 0.1) is 58.2 Å². The first kappa shape index (κ1) is 27.1. The quantitative estimate of drug-likeness (QED) is 0.123. The molecule has 0 amide bonds. The van der Waals surface area contributed by atoms with Crippen LogP contribution in [0.3, 0.4) is 0 Å². The molecule has 0 spiro atoms. The van der Waals surface area contributed by atoms with Gasteiger partial charge in [0.1, 0.15) is 6.42 Å². The molecule has 0 radical (unpaired) electrons. The lowest BCUT2D eigenvalue weighted by Crippen LogP contribution is -2.10. The normalized spacial score (nSPS) is 11.2. The molecule has 0 nitrogen and oxygen atoms in total. The summed E-state index contributed by atoms with van der Waals surface area (Å²) in [4.78, 5) is 0. The maximum Gasteiger partial charge on any atom is 0.200 e. The molecular weight excluding hydrogens is 468 g/mol. The van der Waals surface area contributed by atoms with Gasteiger partial charge in [0.2, 0.25) is 11.6 Å². The first-order valence-electron chi connectivity index (χ1n) is 8.82. The smallest absolute Gasteiger partial charge is 0.200 e. The van der Waals surface area contributed by atoms with Crippen LogP contribution < -0.4 is 0 Å². The Morgan fingerprint density at radius 3 is 1.10 bits per heavy atom. The van der Waals surface area contributed by atoms with Gasteiger partial charge in [0.15, 0.2) is 46.5 Å². The summed E-state index contributed by atoms with van der Waals surface area (Å²) in [6.07, 6.45) is 6.12. The summed E-state index contributed by atoms with van der Waals surface area (Å²) >= 11 is 0. The van der Waals surface area contributed by atoms with Gasteiger partial charge >= 0.3 is 0 Å². The molecule has 0 N–H and O–H groups in total. The van der Waals surface area contributed by atoms with Gasteiger partial charge in [0.05, 0.1) is 11.1 Å². The average molecular weight is 484 g/mol. The van der Waals surface area contributed by atoms with E-state index in [1.807, 2.05) is 0 Å². The van der Waals surface area contributed by atoms with Crippen LogP contribution in [0.1, 0.15) is 32.6 Å². The fourth-order valence-electron chi connectivity index (χ4n) is 2.39. The maximum atomic E-state index is 13.4. The second-order valence-electron chi connectivity index (χ2n) is 6.08. The lowest BCUT2D eigenvalue weighted by Gasteiger charge is -2.11. The van der Waals surface area contributed by atoms with Gasteiger partial charge in [0.25, 0.3) is 0 Å². The van der Waals surface area contributed by atoms with E-state index in [1.54, 1.807) is 0 Å². The third-order valence-electron chi connectivity index (χ3n) is 3.97. The minimum Gasteiger partial charge on any atom is -0.246 e. The highest BCUT2D eigenvalue weighted by atomic mass is 31.1. The number of unbranched alkanes of at least 4 members (excludes halogenated alkanes) is 3. The van der Waals surface area contributed by atoms with E-state index >= 15 is 0 Å². The van der Waals surface area contributed by atoms with Gasteiger partial charge in [-0.05, 0) is 12.6 Å². The fourth-order valence-corrected chi connectivity index (χ4v) is 3.03. The van der Waals surface area contributed by atoms with Crippen LogP contribution in [-0.2, 0) is 0 Å². The number of halogens is 11. The Balaban J connectivity index is 0.000000452. The molecule has 0 aromatic heterocycles. The number of benzene rings is 2. The molecule has 0 saturated heterocycles. The van der Waals surface area contributed by atoms with Crippen molar-refractivity contribution in [1.29, 1.82) is 0 Å². The molecule has 0 aliphatic carbocycles. The molecule has 1 atom stereocenters. The van der Waals surface area contributed by atoms with E-state index in [9.17, 15) is 48.3 Å². The maximum absolute atomic E-state index is 13.4. The van der Waals surface area contributed by atoms with E-state index in [-0.39, 0.29) is 6.42 Å². The third kappa shape index (κ3) is 6.08. The topological polar surface area (TPSA) is 0 Å². The number of hydrogen-bond donors (Lipinski definition) is 0. The largest absolute Gasteiger partial charge is 0.246 e. The van der Waals surface area contributed by atoms with E-state index in [1.165, 1.54) is 25.7 Å². The molecule has 0 fully saturated rings. The van der Waals surface area contributed by atoms with Crippen molar-refractivity contribution in [3.63, 3.8) is 0 Å². The van der Waals surface area contributed by atoms with Crippen LogP contribution >= 0.6 is 8.58 Å². The zero-order chi connectivity index (χ0) is 23.9. The molecule has 2 aromatic carbocycles. The summed E-state index contributed by atoms with van der Waals surface area (Å²) in [5.41, 5.74) is -4.52. The summed E-state index contributed by atoms with van der Waals surface area (Å²) in [5, 5.41) is 0. The van der Waals surface area contributed by atoms with Crippen molar-refractivity contribution in [2.24, 2.45) is 0 Å². The van der Waals surface area contributed by atoms with Crippen molar-refractivity contribution < 1.29 is 48.3 Å². The summed E-state index contributed by atoms with van der Waals surface area (Å²) < 4.78 is 143. The SMILES string of the molecule is CCCCCCPCF.Fc1c(F)c(F)c(-c2c(F)c(F)c(F)c(F)c2F)c(F)c1F. The fraction of sp³-hybridized carbons (Fsp3) is 0.368. The third-order valence-corrected chi connectivity index (χ3v) is 4.87. The lowest BCUT2D eigenvalue weighted by atomic mass is 10.0. The molecule has 31 heavy (non-hydrogen) atoms. The Bertz CT molecular complexity index is 783. The summed E-state index contributed by atoms with van der Waals surface area (Å²) in [5.74, 6) is -26.6. The first-order valence-corrected chi connectivity index (χ1v) is 10.2. The zero-order valence-corrected chi connectivity index (χ0v) is 16.9. The van der Waals surface area contributed by atoms with Crippen LogP contribution in [0.15, 0.2) is 0 Å². The van der Waals surface area contributed by atoms with Crippen LogP contribution in [0.25, 0.3) is 11.1 Å². The Labute approximate surface area is 172 Å². The Kier molecular flexibility index (Phi) is 10.7. The van der Waals surface area contributed by atoms with E-state index in [0.717, 1.165) is 6.16 Å². The molecule has 0 heterocycles. The van der Waals surface area contributed by atoms with Crippen LogP contribution in [0.5, 0.6) is 0 Å². The van der Waals surface area contributed by atoms with Gasteiger partial charge in [0, 0.05) is 0 Å². The number of alkyl halides is 1. The molecule has 0 aliphatic heterocycles. The minimum atomic E-state index is -2.68. The monoisotopic (exact) mass is 484 g/mol. The van der Waals surface area contributed by atoms with E-state index < -0.39 is 69.3 Å². The molecule has 2 rings (SSSR count). The van der Waals surface area contributed by atoms with E-state index in [4.69, 9.17) is 0 Å². The number of rotatable bonds is 7. The van der Waals surface area contributed by atoms with Gasteiger partial charge in [-0.15, -0.1) is 0 Å². The second kappa shape index (κ2) is 12.2. The van der Waals surface area contributed by atoms with Crippen molar-refractivity contribution in [3.8, 4) is 11.1 Å². The van der Waals surface area contributed by atoms with Crippen LogP contribution in [0.4, 0.5) is 48.3 Å². The van der Waals surface area contributed by atoms with Crippen molar-refractivity contribution >= 4 is 8.58 Å². The van der Waals surface area contributed by atoms with Crippen molar-refractivity contribution in [2.45, 2.75) is 32.6 Å². The van der Waals surface area contributed by atoms with Crippen LogP contribution in [-0.4, -0.2) is 12.6 Å². The van der Waals surface area contributed by atoms with Crippen molar-refractivity contribution in [1.82, 2.24) is 0 Å². The van der Waals surface area contributed by atoms with E-state index in [2.05, 4.69) is 6.92 Å². The molecule has 0 aliphatic rings. The van der Waals surface area contributed by atoms with Gasteiger partial charge in [-0.2, -0.15) is 0 Å². The lowest BCUT2D eigenvalue weighted by molar-refractivity contribution is 0.370. The van der Waals surface area contributed by atoms with Gasteiger partial charge < -0.3 is 0 Å². The number of hydrogen-bond acceptors (Lipinski definition) is 0. The molecule has 1 unspecified atom stereocenters. The summed E-state index contributed by atoms with van der Waals surface area (Å²) in [6.45, 7) is 2.19. The first-order chi connectivity index (χ1) is 14.5. The van der Waals surface area contributed by atoms with Gasteiger partial charge in [-0.25, -0.2) is 48.3 Å². The highest BCUT2D eigenvalue weighted by Crippen LogP contribution is 2.37. The van der Waals surface area contributed by atoms with Crippen LogP contribution in [0.2, 0.25) is 0 Å². The minimum absolute atomic E-state index is 0.105. The highest BCUT2D eigenvalue weighted by Gasteiger charge is 2.34. The molecule has 0 saturated carbocycles.